The maximum Gasteiger partial charge on any atom is 0.120 e. The van der Waals surface area contributed by atoms with Crippen molar-refractivity contribution in [2.24, 2.45) is 0 Å². The van der Waals surface area contributed by atoms with Gasteiger partial charge in [0.2, 0.25) is 0 Å². The number of piperazine rings is 1. The molecule has 4 nitrogen and oxygen atoms in total. The Kier molecular flexibility index (Phi) is 6.83. The Bertz CT molecular complexity index is 1310. The van der Waals surface area contributed by atoms with Gasteiger partial charge in [-0.3, -0.25) is 0 Å². The van der Waals surface area contributed by atoms with Crippen molar-refractivity contribution in [3.8, 4) is 5.75 Å². The van der Waals surface area contributed by atoms with Gasteiger partial charge in [-0.2, -0.15) is 0 Å². The molecular weight excluding hydrogens is 454 g/mol. The topological polar surface area (TPSA) is 27.7 Å². The third-order valence-corrected chi connectivity index (χ3v) is 7.62. The fourth-order valence-corrected chi connectivity index (χ4v) is 5.73. The molecule has 1 N–H and O–H groups in total. The van der Waals surface area contributed by atoms with E-state index in [1.807, 2.05) is 6.07 Å². The molecule has 0 saturated carbocycles. The van der Waals surface area contributed by atoms with E-state index in [4.69, 9.17) is 4.74 Å². The van der Waals surface area contributed by atoms with Crippen molar-refractivity contribution in [3.63, 3.8) is 0 Å². The van der Waals surface area contributed by atoms with Gasteiger partial charge in [-0.25, -0.2) is 0 Å². The third-order valence-electron chi connectivity index (χ3n) is 7.62. The lowest BCUT2D eigenvalue weighted by molar-refractivity contribution is 0.305. The van der Waals surface area contributed by atoms with Crippen LogP contribution in [-0.4, -0.2) is 32.2 Å². The van der Waals surface area contributed by atoms with Crippen molar-refractivity contribution < 1.29 is 4.74 Å². The molecular formula is C33H35N3O. The molecule has 0 radical (unpaired) electrons. The minimum atomic E-state index is 0.172. The number of hydrogen-bond acceptors (Lipinski definition) is 4. The lowest BCUT2D eigenvalue weighted by Crippen LogP contribution is -2.49. The molecule has 0 amide bonds. The van der Waals surface area contributed by atoms with Crippen LogP contribution in [0, 0.1) is 0 Å². The molecule has 188 valence electrons. The Balaban J connectivity index is 1.30. The van der Waals surface area contributed by atoms with Crippen molar-refractivity contribution in [2.75, 3.05) is 36.0 Å². The molecule has 6 rings (SSSR count). The van der Waals surface area contributed by atoms with E-state index in [0.717, 1.165) is 38.3 Å². The van der Waals surface area contributed by atoms with E-state index in [2.05, 4.69) is 119 Å². The largest absolute Gasteiger partial charge is 0.489 e. The van der Waals surface area contributed by atoms with E-state index in [9.17, 15) is 0 Å². The summed E-state index contributed by atoms with van der Waals surface area (Å²) in [6.45, 7) is 6.96. The summed E-state index contributed by atoms with van der Waals surface area (Å²) < 4.78 is 6.18. The molecule has 1 saturated heterocycles. The number of fused-ring (bicyclic) bond motifs is 1. The Morgan fingerprint density at radius 1 is 0.811 bits per heavy atom. The Morgan fingerprint density at radius 3 is 2.32 bits per heavy atom. The summed E-state index contributed by atoms with van der Waals surface area (Å²) in [5.74, 6) is 0.942. The molecule has 2 aliphatic heterocycles. The predicted octanol–water partition coefficient (Wildman–Crippen LogP) is 6.22. The lowest BCUT2D eigenvalue weighted by atomic mass is 9.87. The first-order chi connectivity index (χ1) is 18.2. The quantitative estimate of drug-likeness (QED) is 0.348. The lowest BCUT2D eigenvalue weighted by Gasteiger charge is -2.40. The SMILES string of the molecule is CC1CN(c2ccc(C3c4ccc(OCc5ccccc5)cc4CCN3c3ccccc3)cc2)CCN1. The van der Waals surface area contributed by atoms with Crippen molar-refractivity contribution in [2.45, 2.75) is 32.0 Å². The average molecular weight is 490 g/mol. The molecule has 2 unspecified atom stereocenters. The number of hydrogen-bond donors (Lipinski definition) is 1. The summed E-state index contributed by atoms with van der Waals surface area (Å²) in [5.41, 5.74) is 7.84. The summed E-state index contributed by atoms with van der Waals surface area (Å²) >= 11 is 0. The van der Waals surface area contributed by atoms with Crippen LogP contribution in [0.4, 0.5) is 11.4 Å². The van der Waals surface area contributed by atoms with Crippen molar-refractivity contribution in [1.29, 1.82) is 0 Å². The smallest absolute Gasteiger partial charge is 0.120 e. The highest BCUT2D eigenvalue weighted by atomic mass is 16.5. The van der Waals surface area contributed by atoms with Crippen LogP contribution in [0.3, 0.4) is 0 Å². The number of nitrogens with one attached hydrogen (secondary N) is 1. The zero-order valence-electron chi connectivity index (χ0n) is 21.5. The molecule has 2 atom stereocenters. The van der Waals surface area contributed by atoms with Crippen LogP contribution in [0.2, 0.25) is 0 Å². The maximum atomic E-state index is 6.18. The van der Waals surface area contributed by atoms with Gasteiger partial charge in [0, 0.05) is 43.6 Å². The van der Waals surface area contributed by atoms with E-state index < -0.39 is 0 Å². The molecule has 37 heavy (non-hydrogen) atoms. The highest BCUT2D eigenvalue weighted by molar-refractivity contribution is 5.58. The number of nitrogens with zero attached hydrogens (tertiary/aromatic N) is 2. The summed E-state index contributed by atoms with van der Waals surface area (Å²) in [5, 5.41) is 3.54. The van der Waals surface area contributed by atoms with Crippen LogP contribution < -0.4 is 19.9 Å². The van der Waals surface area contributed by atoms with Crippen molar-refractivity contribution in [3.05, 3.63) is 125 Å². The fraction of sp³-hybridized carbons (Fsp3) is 0.273. The number of para-hydroxylation sites is 1. The molecule has 4 aromatic rings. The summed E-state index contributed by atoms with van der Waals surface area (Å²) in [6.07, 6.45) is 1.00. The summed E-state index contributed by atoms with van der Waals surface area (Å²) in [7, 11) is 0. The molecule has 2 heterocycles. The van der Waals surface area contributed by atoms with Crippen LogP contribution in [0.25, 0.3) is 0 Å². The monoisotopic (exact) mass is 489 g/mol. The minimum Gasteiger partial charge on any atom is -0.489 e. The van der Waals surface area contributed by atoms with Crippen LogP contribution in [0.5, 0.6) is 5.75 Å². The highest BCUT2D eigenvalue weighted by Crippen LogP contribution is 2.40. The molecule has 4 aromatic carbocycles. The van der Waals surface area contributed by atoms with Crippen molar-refractivity contribution in [1.82, 2.24) is 5.32 Å². The van der Waals surface area contributed by atoms with Crippen molar-refractivity contribution >= 4 is 11.4 Å². The van der Waals surface area contributed by atoms with Gasteiger partial charge in [0.05, 0.1) is 6.04 Å². The number of rotatable bonds is 6. The Morgan fingerprint density at radius 2 is 1.57 bits per heavy atom. The zero-order chi connectivity index (χ0) is 25.0. The van der Waals surface area contributed by atoms with Crippen LogP contribution in [-0.2, 0) is 13.0 Å². The van der Waals surface area contributed by atoms with Gasteiger partial charge in [0.15, 0.2) is 0 Å². The van der Waals surface area contributed by atoms with Crippen LogP contribution in [0.1, 0.15) is 35.2 Å². The molecule has 0 bridgehead atoms. The third kappa shape index (κ3) is 5.21. The Hall–Kier alpha value is -3.76. The van der Waals surface area contributed by atoms with E-state index in [-0.39, 0.29) is 6.04 Å². The van der Waals surface area contributed by atoms with Crippen LogP contribution in [0.15, 0.2) is 103 Å². The van der Waals surface area contributed by atoms with Crippen LogP contribution >= 0.6 is 0 Å². The van der Waals surface area contributed by atoms with Gasteiger partial charge in [0.25, 0.3) is 0 Å². The first kappa shape index (κ1) is 23.6. The molecule has 2 aliphatic rings. The van der Waals surface area contributed by atoms with E-state index in [0.29, 0.717) is 12.6 Å². The average Bonchev–Trinajstić information content (AvgIpc) is 2.96. The first-order valence-corrected chi connectivity index (χ1v) is 13.4. The predicted molar refractivity (Wildman–Crippen MR) is 153 cm³/mol. The molecule has 0 spiro atoms. The summed E-state index contributed by atoms with van der Waals surface area (Å²) in [6, 6.07) is 37.8. The van der Waals surface area contributed by atoms with Gasteiger partial charge < -0.3 is 19.9 Å². The van der Waals surface area contributed by atoms with Gasteiger partial charge in [-0.1, -0.05) is 66.7 Å². The van der Waals surface area contributed by atoms with Gasteiger partial charge >= 0.3 is 0 Å². The molecule has 0 aromatic heterocycles. The summed E-state index contributed by atoms with van der Waals surface area (Å²) in [4.78, 5) is 5.04. The fourth-order valence-electron chi connectivity index (χ4n) is 5.73. The van der Waals surface area contributed by atoms with Gasteiger partial charge in [0.1, 0.15) is 12.4 Å². The number of ether oxygens (including phenoxy) is 1. The second-order valence-electron chi connectivity index (χ2n) is 10.2. The van der Waals surface area contributed by atoms with E-state index in [1.165, 1.54) is 33.6 Å². The van der Waals surface area contributed by atoms with Gasteiger partial charge in [-0.15, -0.1) is 0 Å². The minimum absolute atomic E-state index is 0.172. The Labute approximate surface area is 220 Å². The molecule has 4 heteroatoms. The van der Waals surface area contributed by atoms with E-state index >= 15 is 0 Å². The number of anilines is 2. The highest BCUT2D eigenvalue weighted by Gasteiger charge is 2.29. The van der Waals surface area contributed by atoms with Gasteiger partial charge in [-0.05, 0) is 72.0 Å². The normalized spacial score (nSPS) is 19.4. The zero-order valence-corrected chi connectivity index (χ0v) is 21.5. The second kappa shape index (κ2) is 10.7. The standard InChI is InChI=1S/C33H35N3O/c1-25-23-35(21-19-34-25)29-14-12-27(13-15-29)33-32-17-16-31(37-24-26-8-4-2-5-9-26)22-28(32)18-20-36(33)30-10-6-3-7-11-30/h2-17,22,25,33-34H,18-21,23-24H2,1H3. The van der Waals surface area contributed by atoms with E-state index in [1.54, 1.807) is 0 Å². The molecule has 1 fully saturated rings. The second-order valence-corrected chi connectivity index (χ2v) is 10.2. The number of benzene rings is 4. The molecule has 0 aliphatic carbocycles. The first-order valence-electron chi connectivity index (χ1n) is 13.4. The maximum absolute atomic E-state index is 6.18.